The number of aryl methyl sites for hydroxylation is 2. The maximum absolute atomic E-state index is 11.7. The van der Waals surface area contributed by atoms with Crippen molar-refractivity contribution in [2.24, 2.45) is 0 Å². The molecule has 106 valence electrons. The van der Waals surface area contributed by atoms with E-state index in [4.69, 9.17) is 0 Å². The van der Waals surface area contributed by atoms with Gasteiger partial charge >= 0.3 is 0 Å². The zero-order valence-electron chi connectivity index (χ0n) is 12.6. The second-order valence-corrected chi connectivity index (χ2v) is 5.52. The monoisotopic (exact) mass is 260 g/mol. The maximum atomic E-state index is 11.7. The first-order valence-corrected chi connectivity index (χ1v) is 7.84. The SMILES string of the molecule is CCCCCCCCCCc1cccc(C)c(=O)c1. The van der Waals surface area contributed by atoms with Crippen molar-refractivity contribution < 1.29 is 0 Å². The lowest BCUT2D eigenvalue weighted by Crippen LogP contribution is -1.99. The standard InChI is InChI=1S/C18H28O/c1-3-4-5-6-7-8-9-10-13-17-14-11-12-16(2)18(19)15-17/h11-12,14-15H,3-10,13H2,1-2H3. The topological polar surface area (TPSA) is 17.1 Å². The van der Waals surface area contributed by atoms with Gasteiger partial charge in [-0.25, -0.2) is 0 Å². The van der Waals surface area contributed by atoms with Crippen LogP contribution < -0.4 is 5.43 Å². The third kappa shape index (κ3) is 7.15. The van der Waals surface area contributed by atoms with Gasteiger partial charge in [0, 0.05) is 0 Å². The van der Waals surface area contributed by atoms with Crippen molar-refractivity contribution in [3.63, 3.8) is 0 Å². The molecule has 0 bridgehead atoms. The molecule has 0 N–H and O–H groups in total. The van der Waals surface area contributed by atoms with E-state index in [-0.39, 0.29) is 5.43 Å². The van der Waals surface area contributed by atoms with Gasteiger partial charge in [-0.05, 0) is 37.0 Å². The van der Waals surface area contributed by atoms with Crippen molar-refractivity contribution in [2.45, 2.75) is 71.6 Å². The minimum Gasteiger partial charge on any atom is -0.290 e. The summed E-state index contributed by atoms with van der Waals surface area (Å²) >= 11 is 0. The molecule has 0 aliphatic rings. The molecule has 0 aliphatic carbocycles. The van der Waals surface area contributed by atoms with E-state index in [1.165, 1.54) is 56.9 Å². The van der Waals surface area contributed by atoms with E-state index in [9.17, 15) is 4.79 Å². The smallest absolute Gasteiger partial charge is 0.181 e. The fourth-order valence-corrected chi connectivity index (χ4v) is 2.35. The Morgan fingerprint density at radius 2 is 1.53 bits per heavy atom. The molecule has 0 saturated carbocycles. The fourth-order valence-electron chi connectivity index (χ4n) is 2.35. The molecule has 0 unspecified atom stereocenters. The molecule has 0 amide bonds. The summed E-state index contributed by atoms with van der Waals surface area (Å²) in [7, 11) is 0. The molecular formula is C18H28O. The van der Waals surface area contributed by atoms with Crippen molar-refractivity contribution in [2.75, 3.05) is 0 Å². The lowest BCUT2D eigenvalue weighted by atomic mass is 10.0. The van der Waals surface area contributed by atoms with Gasteiger partial charge in [0.2, 0.25) is 0 Å². The first-order valence-electron chi connectivity index (χ1n) is 7.84. The summed E-state index contributed by atoms with van der Waals surface area (Å²) in [5.74, 6) is 0. The Hall–Kier alpha value is -1.11. The Balaban J connectivity index is 2.18. The summed E-state index contributed by atoms with van der Waals surface area (Å²) in [6, 6.07) is 7.78. The largest absolute Gasteiger partial charge is 0.290 e. The van der Waals surface area contributed by atoms with E-state index in [1.807, 2.05) is 19.1 Å². The van der Waals surface area contributed by atoms with Crippen LogP contribution in [0.3, 0.4) is 0 Å². The average Bonchev–Trinajstić information content (AvgIpc) is 2.55. The third-order valence-corrected chi connectivity index (χ3v) is 3.68. The summed E-state index contributed by atoms with van der Waals surface area (Å²) < 4.78 is 0. The number of unbranched alkanes of at least 4 members (excludes halogenated alkanes) is 7. The van der Waals surface area contributed by atoms with Crippen LogP contribution >= 0.6 is 0 Å². The Morgan fingerprint density at radius 1 is 0.895 bits per heavy atom. The van der Waals surface area contributed by atoms with Crippen LogP contribution in [0.15, 0.2) is 29.1 Å². The van der Waals surface area contributed by atoms with Gasteiger partial charge in [-0.3, -0.25) is 4.79 Å². The zero-order valence-corrected chi connectivity index (χ0v) is 12.6. The molecule has 0 aromatic heterocycles. The van der Waals surface area contributed by atoms with Gasteiger partial charge in [0.05, 0.1) is 0 Å². The van der Waals surface area contributed by atoms with Crippen LogP contribution in [0, 0.1) is 6.92 Å². The van der Waals surface area contributed by atoms with Crippen molar-refractivity contribution in [1.29, 1.82) is 0 Å². The molecule has 0 atom stereocenters. The summed E-state index contributed by atoms with van der Waals surface area (Å²) in [6.07, 6.45) is 11.7. The lowest BCUT2D eigenvalue weighted by molar-refractivity contribution is 0.575. The van der Waals surface area contributed by atoms with Crippen molar-refractivity contribution in [1.82, 2.24) is 0 Å². The average molecular weight is 260 g/mol. The normalized spacial score (nSPS) is 10.6. The summed E-state index contributed by atoms with van der Waals surface area (Å²) in [5.41, 5.74) is 2.19. The molecule has 0 saturated heterocycles. The van der Waals surface area contributed by atoms with Gasteiger partial charge in [0.25, 0.3) is 0 Å². The molecule has 1 rings (SSSR count). The number of hydrogen-bond acceptors (Lipinski definition) is 1. The van der Waals surface area contributed by atoms with Crippen LogP contribution in [-0.4, -0.2) is 0 Å². The molecule has 0 radical (unpaired) electrons. The molecule has 1 aromatic rings. The molecule has 1 heteroatoms. The van der Waals surface area contributed by atoms with E-state index >= 15 is 0 Å². The molecule has 0 aliphatic heterocycles. The first-order chi connectivity index (χ1) is 9.24. The van der Waals surface area contributed by atoms with Crippen LogP contribution in [0.25, 0.3) is 0 Å². The predicted molar refractivity (Wildman–Crippen MR) is 83.8 cm³/mol. The van der Waals surface area contributed by atoms with Crippen LogP contribution in [-0.2, 0) is 6.42 Å². The van der Waals surface area contributed by atoms with Gasteiger partial charge < -0.3 is 0 Å². The number of rotatable bonds is 9. The van der Waals surface area contributed by atoms with Gasteiger partial charge in [-0.1, -0.05) is 70.1 Å². The maximum Gasteiger partial charge on any atom is 0.181 e. The van der Waals surface area contributed by atoms with Crippen LogP contribution in [0.2, 0.25) is 0 Å². The summed E-state index contributed by atoms with van der Waals surface area (Å²) in [6.45, 7) is 4.13. The van der Waals surface area contributed by atoms with E-state index in [1.54, 1.807) is 6.07 Å². The fraction of sp³-hybridized carbons (Fsp3) is 0.611. The van der Waals surface area contributed by atoms with E-state index in [0.29, 0.717) is 0 Å². The minimum atomic E-state index is 0.166. The molecule has 0 spiro atoms. The Morgan fingerprint density at radius 3 is 2.21 bits per heavy atom. The lowest BCUT2D eigenvalue weighted by Gasteiger charge is -2.01. The molecule has 0 fully saturated rings. The Kier molecular flexibility index (Phi) is 8.20. The van der Waals surface area contributed by atoms with E-state index < -0.39 is 0 Å². The van der Waals surface area contributed by atoms with E-state index in [2.05, 4.69) is 13.0 Å². The zero-order chi connectivity index (χ0) is 13.9. The van der Waals surface area contributed by atoms with Crippen molar-refractivity contribution in [3.8, 4) is 0 Å². The molecule has 1 aromatic carbocycles. The predicted octanol–water partition coefficient (Wildman–Crippen LogP) is 5.04. The molecule has 19 heavy (non-hydrogen) atoms. The van der Waals surface area contributed by atoms with Crippen molar-refractivity contribution >= 4 is 0 Å². The molecular weight excluding hydrogens is 232 g/mol. The highest BCUT2D eigenvalue weighted by Crippen LogP contribution is 2.10. The van der Waals surface area contributed by atoms with Gasteiger partial charge in [-0.15, -0.1) is 0 Å². The highest BCUT2D eigenvalue weighted by Gasteiger charge is 1.96. The second-order valence-electron chi connectivity index (χ2n) is 5.52. The van der Waals surface area contributed by atoms with Crippen LogP contribution in [0.4, 0.5) is 0 Å². The summed E-state index contributed by atoms with van der Waals surface area (Å²) in [4.78, 5) is 11.7. The van der Waals surface area contributed by atoms with Gasteiger partial charge in [0.1, 0.15) is 0 Å². The van der Waals surface area contributed by atoms with Crippen LogP contribution in [0.1, 0.15) is 69.4 Å². The Labute approximate surface area is 118 Å². The highest BCUT2D eigenvalue weighted by molar-refractivity contribution is 5.19. The second kappa shape index (κ2) is 9.77. The first kappa shape index (κ1) is 15.9. The third-order valence-electron chi connectivity index (χ3n) is 3.68. The van der Waals surface area contributed by atoms with Crippen LogP contribution in [0.5, 0.6) is 0 Å². The quantitative estimate of drug-likeness (QED) is 0.569. The van der Waals surface area contributed by atoms with Gasteiger partial charge in [0.15, 0.2) is 5.43 Å². The number of hydrogen-bond donors (Lipinski definition) is 0. The van der Waals surface area contributed by atoms with Gasteiger partial charge in [-0.2, -0.15) is 0 Å². The van der Waals surface area contributed by atoms with E-state index in [0.717, 1.165) is 12.0 Å². The molecule has 1 nitrogen and oxygen atoms in total. The molecule has 0 heterocycles. The van der Waals surface area contributed by atoms with Crippen molar-refractivity contribution in [3.05, 3.63) is 45.6 Å². The summed E-state index contributed by atoms with van der Waals surface area (Å²) in [5, 5.41) is 0. The minimum absolute atomic E-state index is 0.166. The highest BCUT2D eigenvalue weighted by atomic mass is 16.1. The Bertz CT molecular complexity index is 409.